The van der Waals surface area contributed by atoms with Gasteiger partial charge in [-0.25, -0.2) is 0 Å². The fourth-order valence-corrected chi connectivity index (χ4v) is 5.75. The Hall–Kier alpha value is -3.59. The van der Waals surface area contributed by atoms with E-state index >= 15 is 0 Å². The molecule has 0 fully saturated rings. The quantitative estimate of drug-likeness (QED) is 0.0198. The predicted octanol–water partition coefficient (Wildman–Crippen LogP) is 12.3. The van der Waals surface area contributed by atoms with E-state index in [0.717, 1.165) is 64.2 Å². The Labute approximate surface area is 365 Å². The Morgan fingerprint density at radius 3 is 1.42 bits per heavy atom. The van der Waals surface area contributed by atoms with Gasteiger partial charge in [0.15, 0.2) is 6.10 Å². The summed E-state index contributed by atoms with van der Waals surface area (Å²) in [5.74, 6) is -1.01. The SMILES string of the molecule is CC/C=C/C/C=C/C/C=C/C/C=C/C/C=C/C/C=C/CCC(=O)O[C@H](COC(=O)CCC/C=C/C/C=C/C/C=C/C/C=C/CCCCC)COP(=O)([O-])OCC[N+](C)(C)C. The van der Waals surface area contributed by atoms with Crippen molar-refractivity contribution in [3.8, 4) is 0 Å². The zero-order valence-electron chi connectivity index (χ0n) is 37.8. The molecule has 0 heterocycles. The van der Waals surface area contributed by atoms with Gasteiger partial charge in [0.1, 0.15) is 19.8 Å². The summed E-state index contributed by atoms with van der Waals surface area (Å²) in [6.07, 6.45) is 56.8. The molecule has 10 heteroatoms. The standard InChI is InChI=1S/C50H80NO8P/c1-6-8-10-12-14-16-18-20-22-24-25-27-29-31-33-35-37-39-41-43-50(53)59-48(47-58-60(54,55)57-45-44-51(3,4)5)46-56-49(52)42-40-38-36-34-32-30-28-26-23-21-19-17-15-13-11-9-7-2/h8,10,14-17,20-23,25,27-28,30-31,33-34,36-37,39,48H,6-7,9,11-13,18-19,24,26,29,32,35,38,40-47H2,1-5H3/b10-8+,16-14+,17-15+,22-20+,23-21+,27-25+,30-28+,33-31+,36-34+,39-37+/t48-/m1/s1. The van der Waals surface area contributed by atoms with Crippen molar-refractivity contribution < 1.29 is 42.1 Å². The molecule has 0 bridgehead atoms. The van der Waals surface area contributed by atoms with Crippen LogP contribution in [-0.2, 0) is 32.7 Å². The lowest BCUT2D eigenvalue weighted by atomic mass is 10.2. The smallest absolute Gasteiger partial charge is 0.306 e. The van der Waals surface area contributed by atoms with E-state index in [-0.39, 0.29) is 26.1 Å². The van der Waals surface area contributed by atoms with Crippen LogP contribution in [0.25, 0.3) is 0 Å². The number of carbonyl (C=O) groups excluding carboxylic acids is 2. The number of hydrogen-bond acceptors (Lipinski definition) is 8. The molecule has 338 valence electrons. The van der Waals surface area contributed by atoms with Crippen LogP contribution in [0.15, 0.2) is 122 Å². The van der Waals surface area contributed by atoms with Crippen LogP contribution in [0.2, 0.25) is 0 Å². The number of likely N-dealkylation sites (N-methyl/N-ethyl adjacent to an activating group) is 1. The molecule has 9 nitrogen and oxygen atoms in total. The van der Waals surface area contributed by atoms with Crippen molar-refractivity contribution in [1.82, 2.24) is 0 Å². The van der Waals surface area contributed by atoms with Gasteiger partial charge in [0.25, 0.3) is 7.82 Å². The summed E-state index contributed by atoms with van der Waals surface area (Å²) in [4.78, 5) is 37.5. The molecule has 0 spiro atoms. The molecule has 0 amide bonds. The fourth-order valence-electron chi connectivity index (χ4n) is 5.02. The summed E-state index contributed by atoms with van der Waals surface area (Å²) in [6.45, 7) is 3.89. The minimum atomic E-state index is -4.67. The lowest BCUT2D eigenvalue weighted by Gasteiger charge is -2.28. The first kappa shape index (κ1) is 56.4. The highest BCUT2D eigenvalue weighted by molar-refractivity contribution is 7.45. The van der Waals surface area contributed by atoms with Crippen molar-refractivity contribution in [2.75, 3.05) is 47.5 Å². The number of carbonyl (C=O) groups is 2. The maximum atomic E-state index is 12.7. The van der Waals surface area contributed by atoms with Crippen molar-refractivity contribution in [3.05, 3.63) is 122 Å². The average molecular weight is 854 g/mol. The van der Waals surface area contributed by atoms with E-state index in [9.17, 15) is 19.0 Å². The van der Waals surface area contributed by atoms with Crippen LogP contribution in [-0.4, -0.2) is 70.0 Å². The van der Waals surface area contributed by atoms with Crippen LogP contribution in [0.4, 0.5) is 0 Å². The van der Waals surface area contributed by atoms with E-state index in [1.54, 1.807) is 0 Å². The average Bonchev–Trinajstić information content (AvgIpc) is 3.20. The number of unbranched alkanes of at least 4 members (excludes halogenated alkanes) is 4. The van der Waals surface area contributed by atoms with Crippen molar-refractivity contribution in [2.45, 2.75) is 136 Å². The number of allylic oxidation sites excluding steroid dienone is 20. The maximum Gasteiger partial charge on any atom is 0.306 e. The third kappa shape index (κ3) is 44.0. The van der Waals surface area contributed by atoms with Crippen LogP contribution < -0.4 is 4.89 Å². The molecule has 0 aliphatic heterocycles. The third-order valence-corrected chi connectivity index (χ3v) is 9.44. The molecular weight excluding hydrogens is 774 g/mol. The number of quaternary nitrogens is 1. The molecule has 0 aromatic heterocycles. The summed E-state index contributed by atoms with van der Waals surface area (Å²) < 4.78 is 33.7. The van der Waals surface area contributed by atoms with Gasteiger partial charge in [-0.05, 0) is 89.9 Å². The molecular formula is C50H80NO8P. The molecule has 1 unspecified atom stereocenters. The molecule has 0 radical (unpaired) electrons. The number of hydrogen-bond donors (Lipinski definition) is 0. The highest BCUT2D eigenvalue weighted by Crippen LogP contribution is 2.38. The maximum absolute atomic E-state index is 12.7. The van der Waals surface area contributed by atoms with Gasteiger partial charge in [-0.3, -0.25) is 14.2 Å². The van der Waals surface area contributed by atoms with Crippen LogP contribution in [0, 0.1) is 0 Å². The lowest BCUT2D eigenvalue weighted by molar-refractivity contribution is -0.870. The first-order valence-electron chi connectivity index (χ1n) is 22.2. The van der Waals surface area contributed by atoms with Gasteiger partial charge in [-0.2, -0.15) is 0 Å². The van der Waals surface area contributed by atoms with Crippen LogP contribution in [0.5, 0.6) is 0 Å². The van der Waals surface area contributed by atoms with Crippen LogP contribution in [0.1, 0.15) is 129 Å². The number of phosphoric ester groups is 1. The lowest BCUT2D eigenvalue weighted by Crippen LogP contribution is -2.37. The van der Waals surface area contributed by atoms with E-state index in [0.29, 0.717) is 30.3 Å². The number of phosphoric acid groups is 1. The molecule has 0 aliphatic carbocycles. The van der Waals surface area contributed by atoms with Crippen LogP contribution in [0.3, 0.4) is 0 Å². The molecule has 0 N–H and O–H groups in total. The van der Waals surface area contributed by atoms with Gasteiger partial charge < -0.3 is 27.9 Å². The largest absolute Gasteiger partial charge is 0.756 e. The first-order chi connectivity index (χ1) is 29.0. The second kappa shape index (κ2) is 40.8. The topological polar surface area (TPSA) is 111 Å². The van der Waals surface area contributed by atoms with Crippen molar-refractivity contribution in [3.63, 3.8) is 0 Å². The molecule has 0 saturated carbocycles. The Morgan fingerprint density at radius 1 is 0.533 bits per heavy atom. The Kier molecular flexibility index (Phi) is 38.4. The first-order valence-corrected chi connectivity index (χ1v) is 23.7. The Balaban J connectivity index is 4.61. The van der Waals surface area contributed by atoms with Gasteiger partial charge in [0, 0.05) is 12.8 Å². The Morgan fingerprint density at radius 2 is 0.967 bits per heavy atom. The molecule has 0 rings (SSSR count). The van der Waals surface area contributed by atoms with Gasteiger partial charge in [-0.15, -0.1) is 0 Å². The zero-order valence-corrected chi connectivity index (χ0v) is 38.7. The Bertz CT molecular complexity index is 1430. The molecule has 60 heavy (non-hydrogen) atoms. The summed E-state index contributed by atoms with van der Waals surface area (Å²) in [5.41, 5.74) is 0. The second-order valence-electron chi connectivity index (χ2n) is 15.3. The summed E-state index contributed by atoms with van der Waals surface area (Å²) >= 11 is 0. The monoisotopic (exact) mass is 854 g/mol. The van der Waals surface area contributed by atoms with E-state index in [1.165, 1.54) is 19.3 Å². The summed E-state index contributed by atoms with van der Waals surface area (Å²) in [5, 5.41) is 0. The highest BCUT2D eigenvalue weighted by Gasteiger charge is 2.21. The highest BCUT2D eigenvalue weighted by atomic mass is 31.2. The minimum absolute atomic E-state index is 0.0604. The van der Waals surface area contributed by atoms with Crippen molar-refractivity contribution in [2.24, 2.45) is 0 Å². The minimum Gasteiger partial charge on any atom is -0.756 e. The van der Waals surface area contributed by atoms with E-state index < -0.39 is 32.5 Å². The molecule has 0 aromatic carbocycles. The number of nitrogens with zero attached hydrogens (tertiary/aromatic N) is 1. The number of ether oxygens (including phenoxy) is 2. The normalized spacial score (nSPS) is 14.7. The van der Waals surface area contributed by atoms with Gasteiger partial charge >= 0.3 is 11.9 Å². The van der Waals surface area contributed by atoms with Crippen molar-refractivity contribution in [1.29, 1.82) is 0 Å². The molecule has 2 atom stereocenters. The molecule has 0 aromatic rings. The second-order valence-corrected chi connectivity index (χ2v) is 16.7. The zero-order chi connectivity index (χ0) is 44.3. The summed E-state index contributed by atoms with van der Waals surface area (Å²) in [6, 6.07) is 0. The van der Waals surface area contributed by atoms with Gasteiger partial charge in [0.2, 0.25) is 0 Å². The van der Waals surface area contributed by atoms with Crippen LogP contribution >= 0.6 is 7.82 Å². The van der Waals surface area contributed by atoms with Crippen molar-refractivity contribution >= 4 is 19.8 Å². The van der Waals surface area contributed by atoms with Gasteiger partial charge in [-0.1, -0.05) is 148 Å². The molecule has 0 saturated heterocycles. The van der Waals surface area contributed by atoms with E-state index in [2.05, 4.69) is 117 Å². The number of esters is 2. The number of rotatable bonds is 38. The van der Waals surface area contributed by atoms with E-state index in [4.69, 9.17) is 18.5 Å². The predicted molar refractivity (Wildman–Crippen MR) is 249 cm³/mol. The summed E-state index contributed by atoms with van der Waals surface area (Å²) in [7, 11) is 1.07. The third-order valence-electron chi connectivity index (χ3n) is 8.48. The van der Waals surface area contributed by atoms with Gasteiger partial charge in [0.05, 0.1) is 27.7 Å². The fraction of sp³-hybridized carbons (Fsp3) is 0.560. The van der Waals surface area contributed by atoms with E-state index in [1.807, 2.05) is 39.4 Å². The molecule has 0 aliphatic rings.